The number of ether oxygens (including phenoxy) is 1. The quantitative estimate of drug-likeness (QED) is 0.788. The van der Waals surface area contributed by atoms with E-state index in [-0.39, 0.29) is 12.0 Å². The van der Waals surface area contributed by atoms with Crippen LogP contribution in [0.2, 0.25) is 0 Å². The number of aromatic nitrogens is 2. The second-order valence-electron chi connectivity index (χ2n) is 5.60. The van der Waals surface area contributed by atoms with E-state index < -0.39 is 0 Å². The Morgan fingerprint density at radius 3 is 2.65 bits per heavy atom. The summed E-state index contributed by atoms with van der Waals surface area (Å²) in [6.45, 7) is 6.77. The third kappa shape index (κ3) is 3.97. The molecule has 0 atom stereocenters. The third-order valence-electron chi connectivity index (χ3n) is 2.88. The molecule has 20 heavy (non-hydrogen) atoms. The number of nitrogens with zero attached hydrogens (tertiary/aromatic N) is 2. The zero-order chi connectivity index (χ0) is 14.6. The van der Waals surface area contributed by atoms with Crippen LogP contribution in [-0.4, -0.2) is 16.1 Å². The van der Waals surface area contributed by atoms with Gasteiger partial charge < -0.3 is 9.15 Å². The van der Waals surface area contributed by atoms with Crippen LogP contribution < -0.4 is 4.74 Å². The van der Waals surface area contributed by atoms with E-state index in [4.69, 9.17) is 20.8 Å². The molecule has 0 bridgehead atoms. The van der Waals surface area contributed by atoms with Crippen molar-refractivity contribution in [3.05, 3.63) is 41.6 Å². The molecule has 0 aliphatic carbocycles. The third-order valence-corrected chi connectivity index (χ3v) is 3.07. The normalized spacial score (nSPS) is 11.6. The van der Waals surface area contributed by atoms with Gasteiger partial charge in [-0.3, -0.25) is 0 Å². The minimum absolute atomic E-state index is 0.0946. The lowest BCUT2D eigenvalue weighted by Gasteiger charge is -2.19. The number of alkyl halides is 1. The van der Waals surface area contributed by atoms with Gasteiger partial charge in [-0.15, -0.1) is 21.8 Å². The SMILES string of the molecule is CC(C)(C)c1cccc(OCc2nnc(CCCl)o2)c1. The molecule has 2 rings (SSSR count). The molecule has 0 radical (unpaired) electrons. The van der Waals surface area contributed by atoms with E-state index >= 15 is 0 Å². The van der Waals surface area contributed by atoms with Crippen molar-refractivity contribution in [2.75, 3.05) is 5.88 Å². The van der Waals surface area contributed by atoms with Crippen molar-refractivity contribution in [2.45, 2.75) is 39.2 Å². The van der Waals surface area contributed by atoms with Crippen LogP contribution in [-0.2, 0) is 18.4 Å². The minimum Gasteiger partial charge on any atom is -0.484 e. The number of hydrogen-bond donors (Lipinski definition) is 0. The van der Waals surface area contributed by atoms with Crippen LogP contribution >= 0.6 is 11.6 Å². The smallest absolute Gasteiger partial charge is 0.253 e. The lowest BCUT2D eigenvalue weighted by molar-refractivity contribution is 0.259. The van der Waals surface area contributed by atoms with Crippen molar-refractivity contribution in [3.8, 4) is 5.75 Å². The molecule has 0 spiro atoms. The van der Waals surface area contributed by atoms with Gasteiger partial charge in [0.25, 0.3) is 5.89 Å². The van der Waals surface area contributed by atoms with Crippen molar-refractivity contribution in [2.24, 2.45) is 0 Å². The Morgan fingerprint density at radius 1 is 1.20 bits per heavy atom. The fourth-order valence-electron chi connectivity index (χ4n) is 1.73. The van der Waals surface area contributed by atoms with E-state index in [0.29, 0.717) is 24.1 Å². The molecule has 2 aromatic rings. The second kappa shape index (κ2) is 6.27. The summed E-state index contributed by atoms with van der Waals surface area (Å²) in [4.78, 5) is 0. The summed E-state index contributed by atoms with van der Waals surface area (Å²) in [5.74, 6) is 2.28. The standard InChI is InChI=1S/C15H19ClN2O2/c1-15(2,3)11-5-4-6-12(9-11)19-10-14-18-17-13(20-14)7-8-16/h4-6,9H,7-8,10H2,1-3H3. The number of aryl methyl sites for hydroxylation is 1. The van der Waals surface area contributed by atoms with Crippen LogP contribution in [0, 0.1) is 0 Å². The first-order valence-electron chi connectivity index (χ1n) is 6.59. The van der Waals surface area contributed by atoms with Crippen molar-refractivity contribution in [3.63, 3.8) is 0 Å². The number of benzene rings is 1. The predicted molar refractivity (Wildman–Crippen MR) is 78.2 cm³/mol. The summed E-state index contributed by atoms with van der Waals surface area (Å²) in [5.41, 5.74) is 1.32. The Kier molecular flexibility index (Phi) is 4.65. The van der Waals surface area contributed by atoms with Crippen LogP contribution in [0.5, 0.6) is 5.75 Å². The number of hydrogen-bond acceptors (Lipinski definition) is 4. The molecule has 0 aliphatic heterocycles. The zero-order valence-corrected chi connectivity index (χ0v) is 12.8. The van der Waals surface area contributed by atoms with Crippen LogP contribution in [0.25, 0.3) is 0 Å². The first kappa shape index (κ1) is 14.9. The highest BCUT2D eigenvalue weighted by atomic mass is 35.5. The van der Waals surface area contributed by atoms with Gasteiger partial charge in [0.1, 0.15) is 5.75 Å². The molecule has 0 saturated heterocycles. The van der Waals surface area contributed by atoms with E-state index in [1.54, 1.807) is 0 Å². The zero-order valence-electron chi connectivity index (χ0n) is 12.0. The van der Waals surface area contributed by atoms with Gasteiger partial charge in [-0.2, -0.15) is 0 Å². The molecule has 0 fully saturated rings. The molecule has 0 saturated carbocycles. The fraction of sp³-hybridized carbons (Fsp3) is 0.467. The molecule has 0 aliphatic rings. The lowest BCUT2D eigenvalue weighted by atomic mass is 9.87. The summed E-state index contributed by atoms with van der Waals surface area (Å²) in [6.07, 6.45) is 0.577. The van der Waals surface area contributed by atoms with Gasteiger partial charge in [-0.1, -0.05) is 32.9 Å². The molecule has 0 amide bonds. The maximum absolute atomic E-state index is 5.69. The van der Waals surface area contributed by atoms with Crippen LogP contribution in [0.15, 0.2) is 28.7 Å². The van der Waals surface area contributed by atoms with Crippen molar-refractivity contribution < 1.29 is 9.15 Å². The Balaban J connectivity index is 1.99. The second-order valence-corrected chi connectivity index (χ2v) is 5.97. The Labute approximate surface area is 124 Å². The Bertz CT molecular complexity index is 561. The highest BCUT2D eigenvalue weighted by Crippen LogP contribution is 2.25. The van der Waals surface area contributed by atoms with E-state index in [0.717, 1.165) is 5.75 Å². The van der Waals surface area contributed by atoms with Gasteiger partial charge >= 0.3 is 0 Å². The number of halogens is 1. The van der Waals surface area contributed by atoms with Crippen molar-refractivity contribution in [1.82, 2.24) is 10.2 Å². The Morgan fingerprint density at radius 2 is 1.95 bits per heavy atom. The maximum atomic E-state index is 5.69. The summed E-state index contributed by atoms with van der Waals surface area (Å²) in [5, 5.41) is 7.81. The molecule has 5 heteroatoms. The summed E-state index contributed by atoms with van der Waals surface area (Å²) >= 11 is 5.62. The van der Waals surface area contributed by atoms with E-state index in [2.05, 4.69) is 37.0 Å². The average molecular weight is 295 g/mol. The predicted octanol–water partition coefficient (Wildman–Crippen LogP) is 3.73. The Hall–Kier alpha value is -1.55. The largest absolute Gasteiger partial charge is 0.484 e. The summed E-state index contributed by atoms with van der Waals surface area (Å²) in [7, 11) is 0. The maximum Gasteiger partial charge on any atom is 0.253 e. The first-order chi connectivity index (χ1) is 9.49. The summed E-state index contributed by atoms with van der Waals surface area (Å²) < 4.78 is 11.1. The molecule has 1 heterocycles. The van der Waals surface area contributed by atoms with Gasteiger partial charge in [0.2, 0.25) is 5.89 Å². The highest BCUT2D eigenvalue weighted by Gasteiger charge is 2.14. The van der Waals surface area contributed by atoms with E-state index in [1.807, 2.05) is 18.2 Å². The number of rotatable bonds is 5. The first-order valence-corrected chi connectivity index (χ1v) is 7.13. The van der Waals surface area contributed by atoms with Gasteiger partial charge in [-0.25, -0.2) is 0 Å². The molecule has 108 valence electrons. The highest BCUT2D eigenvalue weighted by molar-refractivity contribution is 6.17. The topological polar surface area (TPSA) is 48.2 Å². The molecule has 1 aromatic heterocycles. The molecule has 4 nitrogen and oxygen atoms in total. The van der Waals surface area contributed by atoms with Crippen LogP contribution in [0.4, 0.5) is 0 Å². The molecular formula is C15H19ClN2O2. The van der Waals surface area contributed by atoms with Crippen LogP contribution in [0.3, 0.4) is 0 Å². The average Bonchev–Trinajstić information content (AvgIpc) is 2.84. The van der Waals surface area contributed by atoms with E-state index in [9.17, 15) is 0 Å². The van der Waals surface area contributed by atoms with Crippen LogP contribution in [0.1, 0.15) is 38.1 Å². The lowest BCUT2D eigenvalue weighted by Crippen LogP contribution is -2.11. The van der Waals surface area contributed by atoms with Crippen molar-refractivity contribution in [1.29, 1.82) is 0 Å². The molecule has 1 aromatic carbocycles. The van der Waals surface area contributed by atoms with E-state index in [1.165, 1.54) is 5.56 Å². The molecule has 0 unspecified atom stereocenters. The molecule has 0 N–H and O–H groups in total. The fourth-order valence-corrected chi connectivity index (χ4v) is 1.89. The van der Waals surface area contributed by atoms with Crippen molar-refractivity contribution >= 4 is 11.6 Å². The molecular weight excluding hydrogens is 276 g/mol. The van der Waals surface area contributed by atoms with Gasteiger partial charge in [0.05, 0.1) is 0 Å². The van der Waals surface area contributed by atoms with Gasteiger partial charge in [0.15, 0.2) is 6.61 Å². The van der Waals surface area contributed by atoms with Gasteiger partial charge in [0, 0.05) is 12.3 Å². The monoisotopic (exact) mass is 294 g/mol. The minimum atomic E-state index is 0.0946. The summed E-state index contributed by atoms with van der Waals surface area (Å²) in [6, 6.07) is 8.04. The van der Waals surface area contributed by atoms with Gasteiger partial charge in [-0.05, 0) is 23.1 Å².